The summed E-state index contributed by atoms with van der Waals surface area (Å²) in [6, 6.07) is 0. The molecule has 4 atom stereocenters. The van der Waals surface area contributed by atoms with Gasteiger partial charge in [0.1, 0.15) is 24.4 Å². The molecule has 0 unspecified atom stereocenters. The molecule has 0 aromatic rings. The van der Waals surface area contributed by atoms with Gasteiger partial charge in [-0.3, -0.25) is 0 Å². The second kappa shape index (κ2) is 17.2. The Morgan fingerprint density at radius 2 is 0.952 bits per heavy atom. The van der Waals surface area contributed by atoms with Gasteiger partial charge in [-0.2, -0.15) is 0 Å². The Morgan fingerprint density at radius 1 is 0.810 bits per heavy atom. The summed E-state index contributed by atoms with van der Waals surface area (Å²) in [6.45, 7) is 0.493. The number of hydrogen-bond acceptors (Lipinski definition) is 10. The van der Waals surface area contributed by atoms with Crippen molar-refractivity contribution in [2.75, 3.05) is 13.2 Å². The van der Waals surface area contributed by atoms with E-state index >= 15 is 0 Å². The molecule has 0 aliphatic heterocycles. The Kier molecular flexibility index (Phi) is 23.3. The predicted octanol–water partition coefficient (Wildman–Crippen LogP) is -6.08. The van der Waals surface area contributed by atoms with Crippen LogP contribution in [0.3, 0.4) is 0 Å². The third-order valence-electron chi connectivity index (χ3n) is 1.51. The van der Waals surface area contributed by atoms with E-state index in [1.165, 1.54) is 0 Å². The van der Waals surface area contributed by atoms with Gasteiger partial charge >= 0.3 is 16.5 Å². The summed E-state index contributed by atoms with van der Waals surface area (Å²) in [4.78, 5) is 17.8. The van der Waals surface area contributed by atoms with Gasteiger partial charge in [0, 0.05) is 11.9 Å². The molecular weight excluding hydrogens is 339 g/mol. The molecule has 0 rings (SSSR count). The van der Waals surface area contributed by atoms with Gasteiger partial charge in [-0.15, -0.1) is 0 Å². The molecule has 0 saturated carbocycles. The van der Waals surface area contributed by atoms with Crippen molar-refractivity contribution < 1.29 is 66.9 Å². The molecule has 21 heavy (non-hydrogen) atoms. The summed E-state index contributed by atoms with van der Waals surface area (Å²) < 4.78 is 0. The first-order valence-electron chi connectivity index (χ1n) is 5.30. The summed E-state index contributed by atoms with van der Waals surface area (Å²) in [6.07, 6.45) is -6.39. The summed E-state index contributed by atoms with van der Waals surface area (Å²) in [5.74, 6) is -2.17. The van der Waals surface area contributed by atoms with Crippen molar-refractivity contribution in [2.24, 2.45) is 0 Å². The molecule has 0 aliphatic carbocycles. The monoisotopic (exact) mass is 358 g/mol. The third-order valence-corrected chi connectivity index (χ3v) is 1.51. The average Bonchev–Trinajstić information content (AvgIpc) is 2.33. The average molecular weight is 359 g/mol. The van der Waals surface area contributed by atoms with Gasteiger partial charge in [0.25, 0.3) is 0 Å². The Bertz CT molecular complexity index is 228. The number of hydrogen-bond donors (Lipinski definition) is 6. The van der Waals surface area contributed by atoms with E-state index in [2.05, 4.69) is 0 Å². The summed E-state index contributed by atoms with van der Waals surface area (Å²) >= 11 is 0. The summed E-state index contributed by atoms with van der Waals surface area (Å²) in [5, 5.41) is 70.0. The second-order valence-corrected chi connectivity index (χ2v) is 3.46. The fraction of sp³-hybridized carbons (Fsp3) is 0.800. The van der Waals surface area contributed by atoms with Gasteiger partial charge < -0.3 is 50.4 Å². The number of aliphatic carboxylic acids is 2. The van der Waals surface area contributed by atoms with Crippen molar-refractivity contribution in [3.8, 4) is 0 Å². The van der Waals surface area contributed by atoms with Crippen LogP contribution in [0.2, 0.25) is 0 Å². The first-order chi connectivity index (χ1) is 9.00. The SMILES string of the molecule is CC(=O)[O-].CC(=O)[O-].OC[C@@H](O)[C@@H](O)[C@H](O)[C@@H](O)CO.[Ni+2]. The van der Waals surface area contributed by atoms with Gasteiger partial charge in [0.05, 0.1) is 13.2 Å². The van der Waals surface area contributed by atoms with Gasteiger partial charge in [-0.05, 0) is 13.8 Å². The van der Waals surface area contributed by atoms with Crippen molar-refractivity contribution in [1.29, 1.82) is 0 Å². The molecule has 6 N–H and O–H groups in total. The van der Waals surface area contributed by atoms with Crippen LogP contribution in [0, 0.1) is 0 Å². The van der Waals surface area contributed by atoms with Gasteiger partial charge in [0.2, 0.25) is 0 Å². The van der Waals surface area contributed by atoms with Crippen molar-refractivity contribution in [3.05, 3.63) is 0 Å². The van der Waals surface area contributed by atoms with Crippen LogP contribution in [0.15, 0.2) is 0 Å². The number of aliphatic hydroxyl groups is 6. The summed E-state index contributed by atoms with van der Waals surface area (Å²) in [5.41, 5.74) is 0. The molecular formula is C10H20NiO10. The van der Waals surface area contributed by atoms with Crippen molar-refractivity contribution in [2.45, 2.75) is 38.3 Å². The fourth-order valence-electron chi connectivity index (χ4n) is 0.671. The zero-order chi connectivity index (χ0) is 16.9. The van der Waals surface area contributed by atoms with Crippen molar-refractivity contribution in [1.82, 2.24) is 0 Å². The number of carbonyl (C=O) groups excluding carboxylic acids is 2. The van der Waals surface area contributed by atoms with Gasteiger partial charge in [-0.1, -0.05) is 0 Å². The Morgan fingerprint density at radius 3 is 1.05 bits per heavy atom. The minimum Gasteiger partial charge on any atom is -0.550 e. The molecule has 0 aromatic carbocycles. The van der Waals surface area contributed by atoms with E-state index in [9.17, 15) is 0 Å². The zero-order valence-corrected chi connectivity index (χ0v) is 12.3. The van der Waals surface area contributed by atoms with Crippen LogP contribution in [0.5, 0.6) is 0 Å². The van der Waals surface area contributed by atoms with Crippen LogP contribution in [-0.4, -0.2) is 80.2 Å². The minimum atomic E-state index is -1.67. The van der Waals surface area contributed by atoms with E-state index in [4.69, 9.17) is 50.4 Å². The van der Waals surface area contributed by atoms with Crippen LogP contribution in [0.1, 0.15) is 13.8 Å². The standard InChI is InChI=1S/C6H14O6.2C2H4O2.Ni/c7-1-3(9)5(11)6(12)4(10)2-8;2*1-2(3)4;/h3-12H,1-2H2;2*1H3,(H,3,4);/q;;;+2/p-2/t3-,4+,5-,6-;;;/m1.../s1. The largest absolute Gasteiger partial charge is 2.00 e. The van der Waals surface area contributed by atoms with Gasteiger partial charge in [-0.25, -0.2) is 0 Å². The first-order valence-corrected chi connectivity index (χ1v) is 5.30. The van der Waals surface area contributed by atoms with E-state index in [1.807, 2.05) is 0 Å². The number of carboxylic acid groups (broad SMARTS) is 2. The van der Waals surface area contributed by atoms with E-state index in [1.54, 1.807) is 0 Å². The zero-order valence-electron chi connectivity index (χ0n) is 11.4. The van der Waals surface area contributed by atoms with E-state index < -0.39 is 49.6 Å². The van der Waals surface area contributed by atoms with E-state index in [0.29, 0.717) is 0 Å². The van der Waals surface area contributed by atoms with Crippen LogP contribution in [0.4, 0.5) is 0 Å². The molecule has 0 bridgehead atoms. The molecule has 0 fully saturated rings. The van der Waals surface area contributed by atoms with Crippen LogP contribution in [0.25, 0.3) is 0 Å². The number of aliphatic hydroxyl groups excluding tert-OH is 6. The first kappa shape index (κ1) is 28.4. The summed E-state index contributed by atoms with van der Waals surface area (Å²) in [7, 11) is 0. The van der Waals surface area contributed by atoms with Crippen LogP contribution < -0.4 is 10.2 Å². The Balaban J connectivity index is -0.000000134. The maximum Gasteiger partial charge on any atom is 2.00 e. The molecule has 130 valence electrons. The third kappa shape index (κ3) is 24.6. The molecule has 0 aromatic heterocycles. The quantitative estimate of drug-likeness (QED) is 0.257. The van der Waals surface area contributed by atoms with Gasteiger partial charge in [0.15, 0.2) is 0 Å². The number of carboxylic acids is 2. The molecule has 0 aliphatic rings. The molecule has 11 heteroatoms. The molecule has 0 radical (unpaired) electrons. The maximum absolute atomic E-state index is 8.96. The van der Waals surface area contributed by atoms with E-state index in [0.717, 1.165) is 13.8 Å². The Hall–Kier alpha value is -0.806. The molecule has 0 amide bonds. The van der Waals surface area contributed by atoms with Crippen molar-refractivity contribution >= 4 is 11.9 Å². The molecule has 0 saturated heterocycles. The van der Waals surface area contributed by atoms with Crippen LogP contribution in [-0.2, 0) is 26.1 Å². The topological polar surface area (TPSA) is 202 Å². The Labute approximate surface area is 131 Å². The van der Waals surface area contributed by atoms with E-state index in [-0.39, 0.29) is 16.5 Å². The minimum absolute atomic E-state index is 0. The smallest absolute Gasteiger partial charge is 0.550 e. The van der Waals surface area contributed by atoms with Crippen molar-refractivity contribution in [3.63, 3.8) is 0 Å². The fourth-order valence-corrected chi connectivity index (χ4v) is 0.671. The predicted molar refractivity (Wildman–Crippen MR) is 59.6 cm³/mol. The second-order valence-electron chi connectivity index (χ2n) is 3.46. The molecule has 0 spiro atoms. The maximum atomic E-state index is 8.96. The number of rotatable bonds is 5. The number of carbonyl (C=O) groups is 2. The van der Waals surface area contributed by atoms with Crippen LogP contribution >= 0.6 is 0 Å². The normalized spacial score (nSPS) is 14.7. The molecule has 10 nitrogen and oxygen atoms in total. The molecule has 0 heterocycles.